The second-order valence-corrected chi connectivity index (χ2v) is 6.99. The first kappa shape index (κ1) is 21.9. The summed E-state index contributed by atoms with van der Waals surface area (Å²) in [6.07, 6.45) is -1.21. The van der Waals surface area contributed by atoms with Crippen molar-refractivity contribution in [2.24, 2.45) is 0 Å². The Bertz CT molecular complexity index is 845. The van der Waals surface area contributed by atoms with Crippen molar-refractivity contribution in [3.05, 3.63) is 58.1 Å². The van der Waals surface area contributed by atoms with E-state index in [1.54, 1.807) is 18.2 Å². The molecule has 0 saturated carbocycles. The Morgan fingerprint density at radius 3 is 2.39 bits per heavy atom. The molecule has 2 atom stereocenters. The number of nitrogens with one attached hydrogen (secondary N) is 2. The van der Waals surface area contributed by atoms with Crippen LogP contribution in [0.2, 0.25) is 10.0 Å². The Balaban J connectivity index is 1.88. The minimum Gasteiger partial charge on any atom is -0.481 e. The summed E-state index contributed by atoms with van der Waals surface area (Å²) in [5.74, 6) is -0.101. The van der Waals surface area contributed by atoms with Crippen LogP contribution < -0.4 is 20.3 Å². The van der Waals surface area contributed by atoms with E-state index in [1.165, 1.54) is 13.0 Å². The van der Waals surface area contributed by atoms with Crippen LogP contribution in [-0.2, 0) is 9.59 Å². The quantitative estimate of drug-likeness (QED) is 0.656. The van der Waals surface area contributed by atoms with Gasteiger partial charge in [0.15, 0.2) is 12.2 Å². The minimum absolute atomic E-state index is 0.286. The summed E-state index contributed by atoms with van der Waals surface area (Å²) >= 11 is 11.9. The van der Waals surface area contributed by atoms with Crippen molar-refractivity contribution in [3.8, 4) is 11.5 Å². The van der Waals surface area contributed by atoms with Gasteiger partial charge in [0.05, 0.1) is 5.02 Å². The highest BCUT2D eigenvalue weighted by Gasteiger charge is 2.21. The van der Waals surface area contributed by atoms with Crippen LogP contribution in [-0.4, -0.2) is 24.0 Å². The monoisotopic (exact) mass is 424 g/mol. The standard InChI is InChI=1S/C20H22Cl2N2O4/c1-4-17(28-15-7-5-6-12(2)10-15)20(26)24-23-19(25)13(3)27-18-9-8-14(21)11-16(18)22/h5-11,13,17H,4H2,1-3H3,(H,23,25)(H,24,26). The maximum Gasteiger partial charge on any atom is 0.279 e. The maximum atomic E-state index is 12.3. The molecule has 0 aliphatic carbocycles. The summed E-state index contributed by atoms with van der Waals surface area (Å²) in [5, 5.41) is 0.745. The predicted molar refractivity (Wildman–Crippen MR) is 109 cm³/mol. The van der Waals surface area contributed by atoms with Crippen LogP contribution in [0, 0.1) is 6.92 Å². The molecule has 0 aliphatic rings. The first-order chi connectivity index (χ1) is 13.3. The van der Waals surface area contributed by atoms with Gasteiger partial charge in [0.2, 0.25) is 0 Å². The average Bonchev–Trinajstić information content (AvgIpc) is 2.66. The Morgan fingerprint density at radius 1 is 1.04 bits per heavy atom. The number of hydrogen-bond acceptors (Lipinski definition) is 4. The fourth-order valence-corrected chi connectivity index (χ4v) is 2.75. The number of halogens is 2. The molecule has 0 fully saturated rings. The zero-order valence-electron chi connectivity index (χ0n) is 15.8. The number of carbonyl (C=O) groups excluding carboxylic acids is 2. The fourth-order valence-electron chi connectivity index (χ4n) is 2.30. The van der Waals surface area contributed by atoms with Gasteiger partial charge in [-0.1, -0.05) is 42.3 Å². The molecule has 0 spiro atoms. The smallest absolute Gasteiger partial charge is 0.279 e. The third kappa shape index (κ3) is 6.32. The van der Waals surface area contributed by atoms with E-state index in [1.807, 2.05) is 32.0 Å². The summed E-state index contributed by atoms with van der Waals surface area (Å²) in [4.78, 5) is 24.5. The van der Waals surface area contributed by atoms with Crippen LogP contribution in [0.5, 0.6) is 11.5 Å². The summed E-state index contributed by atoms with van der Waals surface area (Å²) < 4.78 is 11.2. The van der Waals surface area contributed by atoms with E-state index < -0.39 is 24.0 Å². The molecule has 8 heteroatoms. The molecule has 0 aliphatic heterocycles. The van der Waals surface area contributed by atoms with Crippen LogP contribution in [0.3, 0.4) is 0 Å². The SMILES string of the molecule is CCC(Oc1cccc(C)c1)C(=O)NNC(=O)C(C)Oc1ccc(Cl)cc1Cl. The first-order valence-corrected chi connectivity index (χ1v) is 9.50. The van der Waals surface area contributed by atoms with E-state index in [4.69, 9.17) is 32.7 Å². The van der Waals surface area contributed by atoms with Gasteiger partial charge >= 0.3 is 0 Å². The number of aryl methyl sites for hydroxylation is 1. The van der Waals surface area contributed by atoms with Crippen molar-refractivity contribution in [3.63, 3.8) is 0 Å². The molecule has 2 rings (SSSR count). The van der Waals surface area contributed by atoms with Gasteiger partial charge in [-0.25, -0.2) is 0 Å². The van der Waals surface area contributed by atoms with Crippen molar-refractivity contribution in [2.45, 2.75) is 39.4 Å². The first-order valence-electron chi connectivity index (χ1n) is 8.75. The zero-order valence-corrected chi connectivity index (χ0v) is 17.3. The minimum atomic E-state index is -0.892. The van der Waals surface area contributed by atoms with Crippen molar-refractivity contribution in [1.82, 2.24) is 10.9 Å². The van der Waals surface area contributed by atoms with E-state index in [0.717, 1.165) is 5.56 Å². The van der Waals surface area contributed by atoms with Crippen molar-refractivity contribution in [2.75, 3.05) is 0 Å². The van der Waals surface area contributed by atoms with Crippen LogP contribution in [0.4, 0.5) is 0 Å². The largest absolute Gasteiger partial charge is 0.481 e. The average molecular weight is 425 g/mol. The molecule has 150 valence electrons. The molecule has 2 aromatic rings. The van der Waals surface area contributed by atoms with Gasteiger partial charge in [-0.15, -0.1) is 0 Å². The van der Waals surface area contributed by atoms with E-state index in [2.05, 4.69) is 10.9 Å². The molecule has 0 aromatic heterocycles. The molecule has 0 radical (unpaired) electrons. The summed E-state index contributed by atoms with van der Waals surface area (Å²) in [5.41, 5.74) is 5.71. The van der Waals surface area contributed by atoms with E-state index >= 15 is 0 Å². The molecule has 6 nitrogen and oxygen atoms in total. The number of benzene rings is 2. The second-order valence-electron chi connectivity index (χ2n) is 6.14. The molecule has 28 heavy (non-hydrogen) atoms. The maximum absolute atomic E-state index is 12.3. The van der Waals surface area contributed by atoms with E-state index in [9.17, 15) is 9.59 Å². The van der Waals surface area contributed by atoms with Crippen molar-refractivity contribution in [1.29, 1.82) is 0 Å². The molecule has 2 N–H and O–H groups in total. The highest BCUT2D eigenvalue weighted by Crippen LogP contribution is 2.28. The fraction of sp³-hybridized carbons (Fsp3) is 0.300. The third-order valence-corrected chi connectivity index (χ3v) is 4.34. The van der Waals surface area contributed by atoms with Crippen molar-refractivity contribution >= 4 is 35.0 Å². The third-order valence-electron chi connectivity index (χ3n) is 3.81. The second kappa shape index (κ2) is 10.2. The van der Waals surface area contributed by atoms with E-state index in [0.29, 0.717) is 22.9 Å². The Labute approximate surface area is 174 Å². The number of rotatable bonds is 7. The molecular formula is C20H22Cl2N2O4. The lowest BCUT2D eigenvalue weighted by atomic mass is 10.2. The van der Waals surface area contributed by atoms with Crippen LogP contribution >= 0.6 is 23.2 Å². The topological polar surface area (TPSA) is 76.7 Å². The molecule has 2 aromatic carbocycles. The number of carbonyl (C=O) groups is 2. The number of ether oxygens (including phenoxy) is 2. The van der Waals surface area contributed by atoms with Crippen LogP contribution in [0.15, 0.2) is 42.5 Å². The van der Waals surface area contributed by atoms with Gasteiger partial charge in [-0.2, -0.15) is 0 Å². The molecular weight excluding hydrogens is 403 g/mol. The zero-order chi connectivity index (χ0) is 20.7. The summed E-state index contributed by atoms with van der Waals surface area (Å²) in [6.45, 7) is 5.28. The van der Waals surface area contributed by atoms with Gasteiger partial charge in [-0.3, -0.25) is 20.4 Å². The molecule has 0 saturated heterocycles. The highest BCUT2D eigenvalue weighted by molar-refractivity contribution is 6.35. The van der Waals surface area contributed by atoms with Gasteiger partial charge in [0, 0.05) is 5.02 Å². The van der Waals surface area contributed by atoms with Gasteiger partial charge in [0.25, 0.3) is 11.8 Å². The Morgan fingerprint density at radius 2 is 1.75 bits per heavy atom. The lowest BCUT2D eigenvalue weighted by Gasteiger charge is -2.19. The molecule has 2 unspecified atom stereocenters. The number of hydrogen-bond donors (Lipinski definition) is 2. The van der Waals surface area contributed by atoms with Gasteiger partial charge in [-0.05, 0) is 56.2 Å². The molecule has 0 heterocycles. The predicted octanol–water partition coefficient (Wildman–Crippen LogP) is 4.07. The molecule has 2 amide bonds. The van der Waals surface area contributed by atoms with Crippen molar-refractivity contribution < 1.29 is 19.1 Å². The van der Waals surface area contributed by atoms with Crippen LogP contribution in [0.25, 0.3) is 0 Å². The molecule has 0 bridgehead atoms. The van der Waals surface area contributed by atoms with Crippen LogP contribution in [0.1, 0.15) is 25.8 Å². The lowest BCUT2D eigenvalue weighted by molar-refractivity contribution is -0.135. The number of amides is 2. The normalized spacial score (nSPS) is 12.6. The highest BCUT2D eigenvalue weighted by atomic mass is 35.5. The summed E-state index contributed by atoms with van der Waals surface area (Å²) in [6, 6.07) is 12.1. The number of hydrazine groups is 1. The Kier molecular flexibility index (Phi) is 7.96. The summed E-state index contributed by atoms with van der Waals surface area (Å²) in [7, 11) is 0. The Hall–Kier alpha value is -2.44. The lowest BCUT2D eigenvalue weighted by Crippen LogP contribution is -2.51. The van der Waals surface area contributed by atoms with Gasteiger partial charge < -0.3 is 9.47 Å². The van der Waals surface area contributed by atoms with E-state index in [-0.39, 0.29) is 5.02 Å². The van der Waals surface area contributed by atoms with Gasteiger partial charge in [0.1, 0.15) is 11.5 Å².